The number of carbonyl (C=O) groups excluding carboxylic acids is 1. The van der Waals surface area contributed by atoms with E-state index in [-0.39, 0.29) is 5.91 Å². The number of amides is 1. The van der Waals surface area contributed by atoms with Crippen LogP contribution in [0.25, 0.3) is 0 Å². The third-order valence-electron chi connectivity index (χ3n) is 4.58. The Morgan fingerprint density at radius 2 is 1.53 bits per heavy atom. The van der Waals surface area contributed by atoms with E-state index >= 15 is 0 Å². The highest BCUT2D eigenvalue weighted by molar-refractivity contribution is 5.86. The first-order chi connectivity index (χ1) is 7.93. The van der Waals surface area contributed by atoms with E-state index in [1.165, 1.54) is 6.42 Å². The summed E-state index contributed by atoms with van der Waals surface area (Å²) in [7, 11) is 0. The van der Waals surface area contributed by atoms with Gasteiger partial charge in [0.1, 0.15) is 0 Å². The van der Waals surface area contributed by atoms with Crippen molar-refractivity contribution in [3.63, 3.8) is 0 Å². The normalized spacial score (nSPS) is 27.8. The highest BCUT2D eigenvalue weighted by Gasteiger charge is 2.40. The van der Waals surface area contributed by atoms with E-state index in [1.54, 1.807) is 0 Å². The number of likely N-dealkylation sites (tertiary alicyclic amines) is 1. The molecule has 3 heteroatoms. The maximum absolute atomic E-state index is 12.5. The number of hydrogen-bond donors (Lipinski definition) is 1. The molecule has 2 rings (SSSR count). The number of piperidine rings is 1. The predicted octanol–water partition coefficient (Wildman–Crippen LogP) is 2.30. The van der Waals surface area contributed by atoms with E-state index in [9.17, 15) is 4.79 Å². The molecule has 1 saturated heterocycles. The van der Waals surface area contributed by atoms with E-state index in [0.29, 0.717) is 5.41 Å². The Bertz CT molecular complexity index is 283. The second kappa shape index (κ2) is 4.60. The molecule has 0 radical (unpaired) electrons. The Morgan fingerprint density at radius 1 is 1.00 bits per heavy atom. The molecule has 2 fully saturated rings. The summed E-state index contributed by atoms with van der Waals surface area (Å²) >= 11 is 0. The molecule has 0 aromatic heterocycles. The Labute approximate surface area is 105 Å². The van der Waals surface area contributed by atoms with E-state index in [0.717, 1.165) is 51.6 Å². The topological polar surface area (TPSA) is 46.3 Å². The summed E-state index contributed by atoms with van der Waals surface area (Å²) in [5, 5.41) is 0. The van der Waals surface area contributed by atoms with Gasteiger partial charge in [0, 0.05) is 13.1 Å². The maximum atomic E-state index is 12.5. The Hall–Kier alpha value is -0.570. The van der Waals surface area contributed by atoms with E-state index in [2.05, 4.69) is 13.8 Å². The van der Waals surface area contributed by atoms with Gasteiger partial charge in [0.2, 0.25) is 5.91 Å². The van der Waals surface area contributed by atoms with Crippen molar-refractivity contribution in [2.75, 3.05) is 13.1 Å². The van der Waals surface area contributed by atoms with Gasteiger partial charge in [-0.3, -0.25) is 4.79 Å². The summed E-state index contributed by atoms with van der Waals surface area (Å²) in [6.45, 7) is 6.36. The monoisotopic (exact) mass is 238 g/mol. The Kier molecular flexibility index (Phi) is 3.48. The second-order valence-corrected chi connectivity index (χ2v) is 6.67. The molecule has 1 aliphatic heterocycles. The average Bonchev–Trinajstić information content (AvgIpc) is 2.29. The Balaban J connectivity index is 1.96. The highest BCUT2D eigenvalue weighted by Crippen LogP contribution is 2.33. The first-order valence-electron chi connectivity index (χ1n) is 7.01. The number of nitrogens with two attached hydrogens (primary N) is 1. The van der Waals surface area contributed by atoms with Crippen molar-refractivity contribution >= 4 is 5.91 Å². The van der Waals surface area contributed by atoms with Gasteiger partial charge >= 0.3 is 0 Å². The molecular formula is C14H26N2O. The minimum Gasteiger partial charge on any atom is -0.341 e. The molecule has 0 aromatic carbocycles. The van der Waals surface area contributed by atoms with Crippen LogP contribution in [0.4, 0.5) is 0 Å². The predicted molar refractivity (Wildman–Crippen MR) is 69.6 cm³/mol. The van der Waals surface area contributed by atoms with E-state index < -0.39 is 5.54 Å². The van der Waals surface area contributed by atoms with Gasteiger partial charge in [-0.25, -0.2) is 0 Å². The molecule has 2 aliphatic rings. The molecule has 0 aromatic rings. The molecule has 3 nitrogen and oxygen atoms in total. The van der Waals surface area contributed by atoms with Gasteiger partial charge in [-0.05, 0) is 31.1 Å². The molecule has 1 aliphatic carbocycles. The maximum Gasteiger partial charge on any atom is 0.242 e. The number of carbonyl (C=O) groups is 1. The molecule has 0 spiro atoms. The van der Waals surface area contributed by atoms with Crippen LogP contribution in [-0.4, -0.2) is 29.4 Å². The minimum atomic E-state index is -0.542. The molecule has 17 heavy (non-hydrogen) atoms. The lowest BCUT2D eigenvalue weighted by atomic mass is 9.79. The lowest BCUT2D eigenvalue weighted by Crippen LogP contribution is -2.58. The van der Waals surface area contributed by atoms with Crippen LogP contribution in [0.3, 0.4) is 0 Å². The third kappa shape index (κ3) is 2.82. The zero-order valence-corrected chi connectivity index (χ0v) is 11.3. The zero-order valence-electron chi connectivity index (χ0n) is 11.3. The summed E-state index contributed by atoms with van der Waals surface area (Å²) in [4.78, 5) is 14.5. The second-order valence-electron chi connectivity index (χ2n) is 6.67. The van der Waals surface area contributed by atoms with Gasteiger partial charge in [-0.15, -0.1) is 0 Å². The fourth-order valence-corrected chi connectivity index (χ4v) is 3.03. The number of rotatable bonds is 1. The minimum absolute atomic E-state index is 0.215. The summed E-state index contributed by atoms with van der Waals surface area (Å²) in [5.74, 6) is 0.215. The molecule has 0 bridgehead atoms. The number of hydrogen-bond acceptors (Lipinski definition) is 2. The molecule has 1 heterocycles. The molecule has 1 amide bonds. The van der Waals surface area contributed by atoms with Gasteiger partial charge in [0.05, 0.1) is 5.54 Å². The van der Waals surface area contributed by atoms with Crippen LogP contribution in [-0.2, 0) is 4.79 Å². The third-order valence-corrected chi connectivity index (χ3v) is 4.58. The lowest BCUT2D eigenvalue weighted by molar-refractivity contribution is -0.140. The van der Waals surface area contributed by atoms with Crippen molar-refractivity contribution in [1.82, 2.24) is 4.90 Å². The van der Waals surface area contributed by atoms with E-state index in [1.807, 2.05) is 4.90 Å². The van der Waals surface area contributed by atoms with Crippen LogP contribution in [0.15, 0.2) is 0 Å². The first kappa shape index (κ1) is 12.9. The summed E-state index contributed by atoms with van der Waals surface area (Å²) in [5.41, 5.74) is 6.16. The fourth-order valence-electron chi connectivity index (χ4n) is 3.03. The molecular weight excluding hydrogens is 212 g/mol. The van der Waals surface area contributed by atoms with Gasteiger partial charge < -0.3 is 10.6 Å². The lowest BCUT2D eigenvalue weighted by Gasteiger charge is -2.42. The van der Waals surface area contributed by atoms with Crippen molar-refractivity contribution in [2.24, 2.45) is 11.1 Å². The average molecular weight is 238 g/mol. The molecule has 0 atom stereocenters. The smallest absolute Gasteiger partial charge is 0.242 e. The SMILES string of the molecule is CC1(C)CCN(C(=O)C2(N)CCCCC2)CC1. The van der Waals surface area contributed by atoms with Gasteiger partial charge in [-0.1, -0.05) is 33.1 Å². The largest absolute Gasteiger partial charge is 0.341 e. The van der Waals surface area contributed by atoms with Crippen LogP contribution < -0.4 is 5.73 Å². The van der Waals surface area contributed by atoms with Crippen molar-refractivity contribution in [2.45, 2.75) is 64.3 Å². The van der Waals surface area contributed by atoms with Crippen molar-refractivity contribution in [1.29, 1.82) is 0 Å². The van der Waals surface area contributed by atoms with Crippen LogP contribution in [0.2, 0.25) is 0 Å². The summed E-state index contributed by atoms with van der Waals surface area (Å²) < 4.78 is 0. The molecule has 2 N–H and O–H groups in total. The van der Waals surface area contributed by atoms with Crippen LogP contribution in [0.1, 0.15) is 58.8 Å². The van der Waals surface area contributed by atoms with Crippen molar-refractivity contribution in [3.05, 3.63) is 0 Å². The quantitative estimate of drug-likeness (QED) is 0.762. The summed E-state index contributed by atoms with van der Waals surface area (Å²) in [6, 6.07) is 0. The van der Waals surface area contributed by atoms with Crippen LogP contribution in [0, 0.1) is 5.41 Å². The zero-order chi connectivity index (χ0) is 12.5. The van der Waals surface area contributed by atoms with Crippen LogP contribution >= 0.6 is 0 Å². The van der Waals surface area contributed by atoms with Crippen LogP contribution in [0.5, 0.6) is 0 Å². The van der Waals surface area contributed by atoms with Gasteiger partial charge in [0.25, 0.3) is 0 Å². The van der Waals surface area contributed by atoms with Crippen molar-refractivity contribution < 1.29 is 4.79 Å². The van der Waals surface area contributed by atoms with Gasteiger partial charge in [-0.2, -0.15) is 0 Å². The molecule has 98 valence electrons. The highest BCUT2D eigenvalue weighted by atomic mass is 16.2. The fraction of sp³-hybridized carbons (Fsp3) is 0.929. The van der Waals surface area contributed by atoms with Gasteiger partial charge in [0.15, 0.2) is 0 Å². The van der Waals surface area contributed by atoms with Crippen molar-refractivity contribution in [3.8, 4) is 0 Å². The molecule has 1 saturated carbocycles. The Morgan fingerprint density at radius 3 is 2.06 bits per heavy atom. The summed E-state index contributed by atoms with van der Waals surface area (Å²) in [6.07, 6.45) is 7.43. The first-order valence-corrected chi connectivity index (χ1v) is 7.01. The molecule has 0 unspecified atom stereocenters. The standard InChI is InChI=1S/C14H26N2O/c1-13(2)8-10-16(11-9-13)12(17)14(15)6-4-3-5-7-14/h3-11,15H2,1-2H3. The number of nitrogens with zero attached hydrogens (tertiary/aromatic N) is 1. The van der Waals surface area contributed by atoms with E-state index in [4.69, 9.17) is 5.73 Å².